The molecular weight excluding hydrogens is 262 g/mol. The number of hydrogen-bond acceptors (Lipinski definition) is 4. The van der Waals surface area contributed by atoms with Crippen LogP contribution in [0.1, 0.15) is 58.5 Å². The molecule has 1 rings (SSSR count). The number of Topliss-reactive ketones (excluding diaryl/α,β-unsaturated/α-hetero) is 1. The lowest BCUT2D eigenvalue weighted by Crippen LogP contribution is -2.35. The number of nitrogens with one attached hydrogen (secondary N) is 1. The maximum Gasteiger partial charge on any atom is 0.224 e. The Hall–Kier alpha value is -1.16. The summed E-state index contributed by atoms with van der Waals surface area (Å²) in [6.07, 6.45) is 0.955. The van der Waals surface area contributed by atoms with Crippen LogP contribution in [0.5, 0.6) is 0 Å². The molecule has 0 aliphatic heterocycles. The van der Waals surface area contributed by atoms with Crippen molar-refractivity contribution in [2.45, 2.75) is 53.5 Å². The van der Waals surface area contributed by atoms with Gasteiger partial charge in [-0.3, -0.25) is 4.79 Å². The summed E-state index contributed by atoms with van der Waals surface area (Å²) in [6.45, 7) is 12.2. The zero-order chi connectivity index (χ0) is 14.8. The van der Waals surface area contributed by atoms with Crippen molar-refractivity contribution >= 4 is 23.2 Å². The van der Waals surface area contributed by atoms with E-state index < -0.39 is 0 Å². The van der Waals surface area contributed by atoms with Crippen LogP contribution in [0.4, 0.5) is 5.82 Å². The van der Waals surface area contributed by atoms with Crippen molar-refractivity contribution in [2.75, 3.05) is 5.32 Å². The van der Waals surface area contributed by atoms with E-state index in [1.54, 1.807) is 6.07 Å². The Labute approximate surface area is 120 Å². The second-order valence-electron chi connectivity index (χ2n) is 6.71. The minimum atomic E-state index is -0.149. The number of carbonyl (C=O) groups is 1. The van der Waals surface area contributed by atoms with Gasteiger partial charge in [-0.15, -0.1) is 0 Å². The van der Waals surface area contributed by atoms with Gasteiger partial charge in [0.25, 0.3) is 0 Å². The normalized spacial score (nSPS) is 12.4. The summed E-state index contributed by atoms with van der Waals surface area (Å²) in [5.74, 6) is 0.459. The quantitative estimate of drug-likeness (QED) is 0.671. The highest BCUT2D eigenvalue weighted by Crippen LogP contribution is 2.29. The van der Waals surface area contributed by atoms with E-state index in [4.69, 9.17) is 11.6 Å². The summed E-state index contributed by atoms with van der Waals surface area (Å²) < 4.78 is 0. The van der Waals surface area contributed by atoms with E-state index in [0.717, 1.165) is 6.42 Å². The van der Waals surface area contributed by atoms with Crippen LogP contribution in [-0.2, 0) is 0 Å². The Morgan fingerprint density at radius 2 is 1.84 bits per heavy atom. The van der Waals surface area contributed by atoms with Crippen molar-refractivity contribution in [1.82, 2.24) is 9.97 Å². The van der Waals surface area contributed by atoms with E-state index in [2.05, 4.69) is 49.9 Å². The van der Waals surface area contributed by atoms with Gasteiger partial charge in [0, 0.05) is 18.5 Å². The molecule has 1 aromatic heterocycles. The average molecular weight is 284 g/mol. The van der Waals surface area contributed by atoms with E-state index >= 15 is 0 Å². The number of nitrogens with zero attached hydrogens (tertiary/aromatic N) is 2. The van der Waals surface area contributed by atoms with Crippen LogP contribution in [0.3, 0.4) is 0 Å². The summed E-state index contributed by atoms with van der Waals surface area (Å²) in [5, 5.41) is 3.41. The van der Waals surface area contributed by atoms with Crippen molar-refractivity contribution in [3.05, 3.63) is 17.0 Å². The van der Waals surface area contributed by atoms with Gasteiger partial charge in [-0.1, -0.05) is 20.8 Å². The Morgan fingerprint density at radius 1 is 1.26 bits per heavy atom. The maximum atomic E-state index is 11.4. The van der Waals surface area contributed by atoms with Gasteiger partial charge >= 0.3 is 0 Å². The van der Waals surface area contributed by atoms with Gasteiger partial charge < -0.3 is 5.32 Å². The van der Waals surface area contributed by atoms with Gasteiger partial charge in [-0.05, 0) is 37.3 Å². The van der Waals surface area contributed by atoms with Crippen LogP contribution in [0, 0.1) is 5.41 Å². The Kier molecular flexibility index (Phi) is 4.56. The van der Waals surface area contributed by atoms with E-state index in [1.807, 2.05) is 0 Å². The van der Waals surface area contributed by atoms with Crippen molar-refractivity contribution in [3.8, 4) is 0 Å². The van der Waals surface area contributed by atoms with E-state index in [1.165, 1.54) is 6.92 Å². The topological polar surface area (TPSA) is 54.9 Å². The first-order valence-electron chi connectivity index (χ1n) is 6.32. The molecule has 0 saturated heterocycles. The molecule has 0 fully saturated rings. The summed E-state index contributed by atoms with van der Waals surface area (Å²) in [4.78, 5) is 19.4. The standard InChI is InChI=1S/C14H22ClN3O/c1-9(19)10-7-11(17-12(15)16-10)18-14(5,6)8-13(2,3)4/h7H,8H2,1-6H3,(H,16,17,18). The molecule has 19 heavy (non-hydrogen) atoms. The van der Waals surface area contributed by atoms with Gasteiger partial charge in [0.05, 0.1) is 0 Å². The third-order valence-electron chi connectivity index (χ3n) is 2.50. The lowest BCUT2D eigenvalue weighted by molar-refractivity contribution is 0.101. The lowest BCUT2D eigenvalue weighted by Gasteiger charge is -2.33. The van der Waals surface area contributed by atoms with E-state index in [0.29, 0.717) is 11.5 Å². The molecule has 1 heterocycles. The highest BCUT2D eigenvalue weighted by atomic mass is 35.5. The fraction of sp³-hybridized carbons (Fsp3) is 0.643. The first kappa shape index (κ1) is 15.9. The smallest absolute Gasteiger partial charge is 0.224 e. The highest BCUT2D eigenvalue weighted by Gasteiger charge is 2.26. The molecule has 0 radical (unpaired) electrons. The third kappa shape index (κ3) is 5.55. The van der Waals surface area contributed by atoms with Crippen molar-refractivity contribution < 1.29 is 4.79 Å². The molecular formula is C14H22ClN3O. The third-order valence-corrected chi connectivity index (χ3v) is 2.67. The lowest BCUT2D eigenvalue weighted by atomic mass is 9.82. The Balaban J connectivity index is 2.96. The Bertz CT molecular complexity index is 478. The van der Waals surface area contributed by atoms with Crippen molar-refractivity contribution in [3.63, 3.8) is 0 Å². The van der Waals surface area contributed by atoms with Crippen LogP contribution in [-0.4, -0.2) is 21.3 Å². The molecule has 0 atom stereocenters. The molecule has 1 N–H and O–H groups in total. The molecule has 0 saturated carbocycles. The second kappa shape index (κ2) is 5.45. The number of halogens is 1. The predicted octanol–water partition coefficient (Wildman–Crippen LogP) is 3.96. The molecule has 0 bridgehead atoms. The van der Waals surface area contributed by atoms with Gasteiger partial charge in [-0.25, -0.2) is 9.97 Å². The van der Waals surface area contributed by atoms with Crippen LogP contribution in [0.15, 0.2) is 6.07 Å². The number of rotatable bonds is 4. The number of carbonyl (C=O) groups excluding carboxylic acids is 1. The molecule has 0 aromatic carbocycles. The van der Waals surface area contributed by atoms with E-state index in [9.17, 15) is 4.79 Å². The minimum Gasteiger partial charge on any atom is -0.365 e. The highest BCUT2D eigenvalue weighted by molar-refractivity contribution is 6.28. The van der Waals surface area contributed by atoms with Crippen molar-refractivity contribution in [2.24, 2.45) is 5.41 Å². The van der Waals surface area contributed by atoms with Gasteiger partial charge in [0.2, 0.25) is 5.28 Å². The first-order chi connectivity index (χ1) is 8.48. The van der Waals surface area contributed by atoms with Gasteiger partial charge in [0.1, 0.15) is 11.5 Å². The first-order valence-corrected chi connectivity index (χ1v) is 6.70. The summed E-state index contributed by atoms with van der Waals surface area (Å²) in [7, 11) is 0. The number of hydrogen-bond donors (Lipinski definition) is 1. The monoisotopic (exact) mass is 283 g/mol. The fourth-order valence-corrected chi connectivity index (χ4v) is 2.56. The summed E-state index contributed by atoms with van der Waals surface area (Å²) in [6, 6.07) is 1.64. The minimum absolute atomic E-state index is 0.0850. The van der Waals surface area contributed by atoms with E-state index in [-0.39, 0.29) is 22.0 Å². The summed E-state index contributed by atoms with van der Waals surface area (Å²) in [5.41, 5.74) is 0.370. The zero-order valence-electron chi connectivity index (χ0n) is 12.5. The average Bonchev–Trinajstić information content (AvgIpc) is 2.10. The molecule has 4 nitrogen and oxygen atoms in total. The number of aromatic nitrogens is 2. The summed E-state index contributed by atoms with van der Waals surface area (Å²) >= 11 is 5.84. The van der Waals surface area contributed by atoms with Crippen molar-refractivity contribution in [1.29, 1.82) is 0 Å². The molecule has 0 aliphatic carbocycles. The molecule has 0 amide bonds. The molecule has 106 valence electrons. The molecule has 0 unspecified atom stereocenters. The molecule has 0 spiro atoms. The zero-order valence-corrected chi connectivity index (χ0v) is 13.2. The fourth-order valence-electron chi connectivity index (χ4n) is 2.38. The SMILES string of the molecule is CC(=O)c1cc(NC(C)(C)CC(C)(C)C)nc(Cl)n1. The maximum absolute atomic E-state index is 11.4. The Morgan fingerprint density at radius 3 is 2.32 bits per heavy atom. The largest absolute Gasteiger partial charge is 0.365 e. The molecule has 1 aromatic rings. The number of anilines is 1. The van der Waals surface area contributed by atoms with Gasteiger partial charge in [-0.2, -0.15) is 0 Å². The molecule has 0 aliphatic rings. The predicted molar refractivity (Wildman–Crippen MR) is 78.8 cm³/mol. The number of ketones is 1. The van der Waals surface area contributed by atoms with Crippen LogP contribution in [0.2, 0.25) is 5.28 Å². The molecule has 5 heteroatoms. The van der Waals surface area contributed by atoms with Crippen LogP contribution < -0.4 is 5.32 Å². The van der Waals surface area contributed by atoms with Gasteiger partial charge in [0.15, 0.2) is 5.78 Å². The second-order valence-corrected chi connectivity index (χ2v) is 7.05. The van der Waals surface area contributed by atoms with Crippen LogP contribution in [0.25, 0.3) is 0 Å². The van der Waals surface area contributed by atoms with Crippen LogP contribution >= 0.6 is 11.6 Å².